The topological polar surface area (TPSA) is 99.3 Å². The molecular weight excluding hydrogens is 683 g/mol. The lowest BCUT2D eigenvalue weighted by Crippen LogP contribution is -2.20. The van der Waals surface area contributed by atoms with E-state index >= 15 is 0 Å². The SMILES string of the molecule is COc1cccc(C2=C3N=C(N(C)C)N=C3c3ccccc3C2=O)c1Cl.Cc1ccc(C2=C3N=C(N(C)C)N=C3c3ccccc3C2=O)c(Cl)c1. The van der Waals surface area contributed by atoms with Crippen LogP contribution in [0.25, 0.3) is 11.1 Å². The van der Waals surface area contributed by atoms with Crippen molar-refractivity contribution in [2.45, 2.75) is 6.92 Å². The molecule has 11 heteroatoms. The van der Waals surface area contributed by atoms with Crippen LogP contribution in [0.3, 0.4) is 0 Å². The summed E-state index contributed by atoms with van der Waals surface area (Å²) in [6, 6.07) is 26.0. The fraction of sp³-hybridized carbons (Fsp3) is 0.150. The Hall–Kier alpha value is -5.64. The third-order valence-corrected chi connectivity index (χ3v) is 9.43. The minimum Gasteiger partial charge on any atom is -0.495 e. The van der Waals surface area contributed by atoms with Crippen LogP contribution < -0.4 is 4.74 Å². The maximum Gasteiger partial charge on any atom is 0.226 e. The van der Waals surface area contributed by atoms with Gasteiger partial charge in [-0.15, -0.1) is 0 Å². The Bertz CT molecular complexity index is 2380. The number of benzene rings is 4. The van der Waals surface area contributed by atoms with Gasteiger partial charge in [-0.25, -0.2) is 20.0 Å². The van der Waals surface area contributed by atoms with Gasteiger partial charge in [-0.2, -0.15) is 0 Å². The number of hydrogen-bond donors (Lipinski definition) is 0. The number of aliphatic imine (C=N–C) groups is 4. The first kappa shape index (κ1) is 33.8. The minimum absolute atomic E-state index is 0.0703. The van der Waals surface area contributed by atoms with Crippen LogP contribution in [0.2, 0.25) is 10.0 Å². The molecule has 9 nitrogen and oxygen atoms in total. The molecule has 2 aliphatic carbocycles. The highest BCUT2D eigenvalue weighted by Crippen LogP contribution is 2.41. The van der Waals surface area contributed by atoms with E-state index < -0.39 is 0 Å². The Kier molecular flexibility index (Phi) is 8.79. The zero-order valence-electron chi connectivity index (χ0n) is 28.7. The van der Waals surface area contributed by atoms with Gasteiger partial charge in [-0.1, -0.05) is 96.0 Å². The summed E-state index contributed by atoms with van der Waals surface area (Å²) in [6.07, 6.45) is 0. The van der Waals surface area contributed by atoms with Crippen molar-refractivity contribution in [1.82, 2.24) is 9.80 Å². The molecule has 254 valence electrons. The number of carbonyl (C=O) groups excluding carboxylic acids is 2. The van der Waals surface area contributed by atoms with Gasteiger partial charge in [-0.3, -0.25) is 9.59 Å². The van der Waals surface area contributed by atoms with Crippen molar-refractivity contribution >= 4 is 69.3 Å². The molecule has 0 fully saturated rings. The molecule has 0 unspecified atom stereocenters. The maximum atomic E-state index is 13.3. The molecular formula is C40H32Cl2N6O3. The summed E-state index contributed by atoms with van der Waals surface area (Å²) in [5.74, 6) is 1.45. The molecule has 0 saturated heterocycles. The van der Waals surface area contributed by atoms with E-state index in [1.165, 1.54) is 0 Å². The fourth-order valence-electron chi connectivity index (χ4n) is 6.23. The average Bonchev–Trinajstić information content (AvgIpc) is 3.77. The van der Waals surface area contributed by atoms with Gasteiger partial charge in [0.1, 0.15) is 28.6 Å². The molecule has 51 heavy (non-hydrogen) atoms. The number of ketones is 2. The van der Waals surface area contributed by atoms with Crippen LogP contribution in [0.5, 0.6) is 5.75 Å². The molecule has 2 aliphatic heterocycles. The quantitative estimate of drug-likeness (QED) is 0.217. The first-order valence-electron chi connectivity index (χ1n) is 16.1. The smallest absolute Gasteiger partial charge is 0.226 e. The predicted octanol–water partition coefficient (Wildman–Crippen LogP) is 7.65. The number of Topliss-reactive ketones (excluding diaryl/α,β-unsaturated/α-hetero) is 2. The molecule has 4 aromatic carbocycles. The molecule has 8 rings (SSSR count). The second-order valence-electron chi connectivity index (χ2n) is 12.5. The summed E-state index contributed by atoms with van der Waals surface area (Å²) in [5, 5.41) is 0.932. The molecule has 4 aliphatic rings. The van der Waals surface area contributed by atoms with Gasteiger partial charge in [0.25, 0.3) is 0 Å². The fourth-order valence-corrected chi connectivity index (χ4v) is 6.86. The number of methoxy groups -OCH3 is 1. The van der Waals surface area contributed by atoms with Crippen LogP contribution in [0, 0.1) is 6.92 Å². The monoisotopic (exact) mass is 714 g/mol. The Balaban J connectivity index is 0.000000159. The third kappa shape index (κ3) is 5.78. The lowest BCUT2D eigenvalue weighted by molar-refractivity contribution is 0.104. The van der Waals surface area contributed by atoms with Crippen LogP contribution in [0.1, 0.15) is 48.5 Å². The van der Waals surface area contributed by atoms with Crippen LogP contribution in [-0.2, 0) is 0 Å². The highest BCUT2D eigenvalue weighted by Gasteiger charge is 2.37. The first-order chi connectivity index (χ1) is 24.5. The second-order valence-corrected chi connectivity index (χ2v) is 13.3. The maximum absolute atomic E-state index is 13.3. The van der Waals surface area contributed by atoms with Gasteiger partial charge in [0.05, 0.1) is 23.3 Å². The van der Waals surface area contributed by atoms with Crippen LogP contribution in [-0.4, -0.2) is 80.0 Å². The number of halogens is 2. The van der Waals surface area contributed by atoms with E-state index in [2.05, 4.69) is 20.0 Å². The number of ether oxygens (including phenoxy) is 1. The molecule has 0 aromatic heterocycles. The summed E-state index contributed by atoms with van der Waals surface area (Å²) in [4.78, 5) is 48.7. The molecule has 0 bridgehead atoms. The summed E-state index contributed by atoms with van der Waals surface area (Å²) >= 11 is 13.0. The van der Waals surface area contributed by atoms with E-state index in [9.17, 15) is 9.59 Å². The largest absolute Gasteiger partial charge is 0.495 e. The number of carbonyl (C=O) groups is 2. The summed E-state index contributed by atoms with van der Waals surface area (Å²) in [5.41, 5.74) is 8.68. The molecule has 0 radical (unpaired) electrons. The van der Waals surface area contributed by atoms with E-state index in [1.54, 1.807) is 25.3 Å². The highest BCUT2D eigenvalue weighted by molar-refractivity contribution is 6.47. The van der Waals surface area contributed by atoms with Crippen LogP contribution in [0.15, 0.2) is 116 Å². The van der Waals surface area contributed by atoms with Crippen molar-refractivity contribution in [3.8, 4) is 5.75 Å². The zero-order chi connectivity index (χ0) is 36.1. The van der Waals surface area contributed by atoms with Crippen molar-refractivity contribution in [3.63, 3.8) is 0 Å². The zero-order valence-corrected chi connectivity index (χ0v) is 30.3. The number of hydrogen-bond acceptors (Lipinski definition) is 9. The van der Waals surface area contributed by atoms with Gasteiger partial charge in [-0.05, 0) is 24.6 Å². The predicted molar refractivity (Wildman–Crippen MR) is 205 cm³/mol. The number of nitrogens with zero attached hydrogens (tertiary/aromatic N) is 6. The van der Waals surface area contributed by atoms with Crippen LogP contribution in [0.4, 0.5) is 0 Å². The third-order valence-electron chi connectivity index (χ3n) is 8.72. The van der Waals surface area contributed by atoms with Crippen molar-refractivity contribution in [3.05, 3.63) is 145 Å². The molecule has 0 saturated carbocycles. The van der Waals surface area contributed by atoms with Gasteiger partial charge in [0.2, 0.25) is 11.9 Å². The van der Waals surface area contributed by atoms with Gasteiger partial charge in [0.15, 0.2) is 11.6 Å². The first-order valence-corrected chi connectivity index (χ1v) is 16.8. The highest BCUT2D eigenvalue weighted by atomic mass is 35.5. The number of guanidine groups is 2. The molecule has 4 aromatic rings. The van der Waals surface area contributed by atoms with Crippen molar-refractivity contribution in [2.24, 2.45) is 20.0 Å². The minimum atomic E-state index is -0.117. The summed E-state index contributed by atoms with van der Waals surface area (Å²) in [6.45, 7) is 1.97. The Morgan fingerprint density at radius 1 is 0.569 bits per heavy atom. The molecule has 2 heterocycles. The van der Waals surface area contributed by atoms with E-state index in [1.807, 2.05) is 112 Å². The second kappa shape index (κ2) is 13.2. The number of allylic oxidation sites excluding steroid dienone is 4. The van der Waals surface area contributed by atoms with Crippen molar-refractivity contribution in [1.29, 1.82) is 0 Å². The van der Waals surface area contributed by atoms with E-state index in [0.717, 1.165) is 22.4 Å². The number of fused-ring (bicyclic) bond motifs is 6. The molecule has 0 N–H and O–H groups in total. The van der Waals surface area contributed by atoms with Crippen molar-refractivity contribution < 1.29 is 14.3 Å². The lowest BCUT2D eigenvalue weighted by Gasteiger charge is -2.20. The normalized spacial score (nSPS) is 15.5. The lowest BCUT2D eigenvalue weighted by atomic mass is 9.84. The Morgan fingerprint density at radius 2 is 1.04 bits per heavy atom. The standard InChI is InChI=1S/C20H16ClN3O2.C20H16ClN3O/c1-24(2)20-22-17-11-7-4-5-8-12(11)19(25)15(18(17)23-20)13-9-6-10-14(26-3)16(13)21;1-11-8-9-14(15(21)10-11)16-18-17(22-20(23-18)24(2)3)12-6-4-5-7-13(12)19(16)25/h4-10H,1-3H3;4-10H,1-3H3. The number of rotatable bonds is 3. The van der Waals surface area contributed by atoms with Crippen molar-refractivity contribution in [2.75, 3.05) is 35.3 Å². The van der Waals surface area contributed by atoms with E-state index in [0.29, 0.717) is 78.2 Å². The molecule has 0 spiro atoms. The molecule has 0 atom stereocenters. The van der Waals surface area contributed by atoms with Gasteiger partial charge >= 0.3 is 0 Å². The van der Waals surface area contributed by atoms with Gasteiger partial charge < -0.3 is 14.5 Å². The van der Waals surface area contributed by atoms with E-state index in [-0.39, 0.29) is 11.6 Å². The Morgan fingerprint density at radius 3 is 1.51 bits per heavy atom. The molecule has 0 amide bonds. The average molecular weight is 716 g/mol. The summed E-state index contributed by atoms with van der Waals surface area (Å²) in [7, 11) is 9.05. The summed E-state index contributed by atoms with van der Waals surface area (Å²) < 4.78 is 5.31. The van der Waals surface area contributed by atoms with Gasteiger partial charge in [0, 0.05) is 66.6 Å². The Labute approximate surface area is 305 Å². The number of aryl methyl sites for hydroxylation is 1. The van der Waals surface area contributed by atoms with Crippen LogP contribution >= 0.6 is 23.2 Å². The van der Waals surface area contributed by atoms with E-state index in [4.69, 9.17) is 27.9 Å².